The van der Waals surface area contributed by atoms with Gasteiger partial charge in [-0.25, -0.2) is 0 Å². The van der Waals surface area contributed by atoms with Crippen LogP contribution in [0.1, 0.15) is 53.4 Å². The molecule has 0 saturated heterocycles. The lowest BCUT2D eigenvalue weighted by molar-refractivity contribution is 0.300. The molecule has 0 aromatic heterocycles. The molecule has 0 heterocycles. The summed E-state index contributed by atoms with van der Waals surface area (Å²) in [5.74, 6) is 3.75. The Bertz CT molecular complexity index is 174. The van der Waals surface area contributed by atoms with Gasteiger partial charge >= 0.3 is 0 Å². The Kier molecular flexibility index (Phi) is 13.2. The Morgan fingerprint density at radius 1 is 0.833 bits per heavy atom. The quantitative estimate of drug-likeness (QED) is 0.251. The first-order chi connectivity index (χ1) is 8.42. The first-order valence-electron chi connectivity index (χ1n) is 7.18. The van der Waals surface area contributed by atoms with Gasteiger partial charge in [0.15, 0.2) is 0 Å². The highest BCUT2D eigenvalue weighted by atomic mass is 127. The van der Waals surface area contributed by atoms with E-state index in [4.69, 9.17) is 0 Å². The maximum atomic E-state index is 2.61. The van der Waals surface area contributed by atoms with E-state index in [9.17, 15) is 0 Å². The molecule has 0 aromatic carbocycles. The maximum absolute atomic E-state index is 2.61. The van der Waals surface area contributed by atoms with Crippen molar-refractivity contribution in [2.75, 3.05) is 8.86 Å². The third-order valence-electron chi connectivity index (χ3n) is 4.10. The largest absolute Gasteiger partial charge is 0.0860 e. The molecular weight excluding hydrogens is 561 g/mol. The van der Waals surface area contributed by atoms with Crippen molar-refractivity contribution in [1.82, 2.24) is 0 Å². The minimum Gasteiger partial charge on any atom is -0.0860 e. The van der Waals surface area contributed by atoms with E-state index in [1.807, 2.05) is 0 Å². The molecule has 1 fully saturated rings. The van der Waals surface area contributed by atoms with Gasteiger partial charge in [0.25, 0.3) is 0 Å². The summed E-state index contributed by atoms with van der Waals surface area (Å²) in [6, 6.07) is 0. The van der Waals surface area contributed by atoms with Crippen LogP contribution in [0.4, 0.5) is 0 Å². The van der Waals surface area contributed by atoms with Crippen LogP contribution in [0, 0.1) is 23.7 Å². The monoisotopic (exact) mass is 590 g/mol. The SMILES string of the molecule is CC(C)C(C)C.ICC(CI)C1CCC(I)CC1. The van der Waals surface area contributed by atoms with E-state index in [-0.39, 0.29) is 0 Å². The predicted molar refractivity (Wildman–Crippen MR) is 111 cm³/mol. The second-order valence-corrected chi connectivity index (χ2v) is 9.59. The second kappa shape index (κ2) is 11.8. The summed E-state index contributed by atoms with van der Waals surface area (Å²) in [5.41, 5.74) is 0. The van der Waals surface area contributed by atoms with Gasteiger partial charge in [0.05, 0.1) is 0 Å². The van der Waals surface area contributed by atoms with Gasteiger partial charge in [0.2, 0.25) is 0 Å². The Morgan fingerprint density at radius 3 is 1.50 bits per heavy atom. The molecule has 0 nitrogen and oxygen atoms in total. The van der Waals surface area contributed by atoms with Crippen LogP contribution in [-0.2, 0) is 0 Å². The number of hydrogen-bond donors (Lipinski definition) is 0. The summed E-state index contributed by atoms with van der Waals surface area (Å²) in [6.45, 7) is 8.96. The zero-order valence-corrected chi connectivity index (χ0v) is 18.7. The summed E-state index contributed by atoms with van der Waals surface area (Å²) < 4.78 is 3.69. The van der Waals surface area contributed by atoms with Gasteiger partial charge in [-0.15, -0.1) is 0 Å². The molecule has 0 aromatic rings. The fourth-order valence-electron chi connectivity index (χ4n) is 1.84. The van der Waals surface area contributed by atoms with E-state index in [0.29, 0.717) is 0 Å². The number of alkyl halides is 3. The van der Waals surface area contributed by atoms with E-state index in [2.05, 4.69) is 95.5 Å². The van der Waals surface area contributed by atoms with Crippen molar-refractivity contribution in [2.24, 2.45) is 23.7 Å². The topological polar surface area (TPSA) is 0 Å². The highest BCUT2D eigenvalue weighted by Gasteiger charge is 2.24. The van der Waals surface area contributed by atoms with Gasteiger partial charge in [0, 0.05) is 12.8 Å². The highest BCUT2D eigenvalue weighted by Crippen LogP contribution is 2.35. The van der Waals surface area contributed by atoms with Gasteiger partial charge in [-0.2, -0.15) is 0 Å². The molecule has 3 heteroatoms. The third kappa shape index (κ3) is 9.19. The fourth-order valence-corrected chi connectivity index (χ4v) is 5.82. The van der Waals surface area contributed by atoms with Crippen LogP contribution in [0.15, 0.2) is 0 Å². The summed E-state index contributed by atoms with van der Waals surface area (Å²) in [5, 5.41) is 0. The Labute approximate surface area is 156 Å². The number of halogens is 3. The van der Waals surface area contributed by atoms with Gasteiger partial charge in [-0.1, -0.05) is 95.5 Å². The molecule has 0 spiro atoms. The van der Waals surface area contributed by atoms with Crippen molar-refractivity contribution in [1.29, 1.82) is 0 Å². The molecule has 0 amide bonds. The van der Waals surface area contributed by atoms with Gasteiger partial charge < -0.3 is 0 Å². The molecule has 110 valence electrons. The lowest BCUT2D eigenvalue weighted by atomic mass is 9.82. The molecule has 1 aliphatic carbocycles. The summed E-state index contributed by atoms with van der Waals surface area (Å²) in [4.78, 5) is 0. The van der Waals surface area contributed by atoms with Crippen molar-refractivity contribution in [3.8, 4) is 0 Å². The van der Waals surface area contributed by atoms with Crippen LogP contribution in [0.2, 0.25) is 0 Å². The van der Waals surface area contributed by atoms with Crippen LogP contribution >= 0.6 is 67.8 Å². The lowest BCUT2D eigenvalue weighted by Crippen LogP contribution is -2.23. The standard InChI is InChI=1S/C9H15I3.C6H14/c10-5-8(6-11)7-1-3-9(12)4-2-7;1-5(2)6(3)4/h7-9H,1-6H2;5-6H,1-4H3. The summed E-state index contributed by atoms with van der Waals surface area (Å²) >= 11 is 7.71. The predicted octanol–water partition coefficient (Wildman–Crippen LogP) is 6.76. The average Bonchev–Trinajstić information content (AvgIpc) is 2.33. The molecule has 0 bridgehead atoms. The van der Waals surface area contributed by atoms with Crippen molar-refractivity contribution in [3.63, 3.8) is 0 Å². The minimum atomic E-state index is 0.852. The second-order valence-electron chi connectivity index (χ2n) is 6.07. The first kappa shape index (κ1) is 20.2. The lowest BCUT2D eigenvalue weighted by Gasteiger charge is -2.30. The van der Waals surface area contributed by atoms with Crippen LogP contribution in [0.3, 0.4) is 0 Å². The van der Waals surface area contributed by atoms with Crippen LogP contribution < -0.4 is 0 Å². The zero-order valence-electron chi connectivity index (χ0n) is 12.3. The molecule has 0 aliphatic heterocycles. The van der Waals surface area contributed by atoms with E-state index in [0.717, 1.165) is 27.6 Å². The van der Waals surface area contributed by atoms with Gasteiger partial charge in [0.1, 0.15) is 0 Å². The molecule has 1 rings (SSSR count). The van der Waals surface area contributed by atoms with Crippen molar-refractivity contribution in [3.05, 3.63) is 0 Å². The Hall–Kier alpha value is 2.19. The highest BCUT2D eigenvalue weighted by molar-refractivity contribution is 14.1. The number of rotatable bonds is 4. The molecule has 0 radical (unpaired) electrons. The maximum Gasteiger partial charge on any atom is 0.0110 e. The van der Waals surface area contributed by atoms with Gasteiger partial charge in [-0.3, -0.25) is 0 Å². The first-order valence-corrected chi connectivity index (χ1v) is 11.5. The molecule has 0 atom stereocenters. The van der Waals surface area contributed by atoms with Crippen LogP contribution in [0.5, 0.6) is 0 Å². The molecule has 1 aliphatic rings. The third-order valence-corrected chi connectivity index (χ3v) is 7.61. The normalized spacial score (nSPS) is 24.3. The van der Waals surface area contributed by atoms with E-state index >= 15 is 0 Å². The minimum absolute atomic E-state index is 0.852. The molecule has 1 saturated carbocycles. The van der Waals surface area contributed by atoms with E-state index in [1.54, 1.807) is 0 Å². The van der Waals surface area contributed by atoms with Crippen molar-refractivity contribution >= 4 is 67.8 Å². The molecule has 0 unspecified atom stereocenters. The van der Waals surface area contributed by atoms with Crippen molar-refractivity contribution < 1.29 is 0 Å². The fraction of sp³-hybridized carbons (Fsp3) is 1.00. The number of hydrogen-bond acceptors (Lipinski definition) is 0. The smallest absolute Gasteiger partial charge is 0.0110 e. The van der Waals surface area contributed by atoms with Crippen LogP contribution in [0.25, 0.3) is 0 Å². The Balaban J connectivity index is 0.000000411. The van der Waals surface area contributed by atoms with E-state index < -0.39 is 0 Å². The zero-order chi connectivity index (χ0) is 14.1. The van der Waals surface area contributed by atoms with E-state index in [1.165, 1.54) is 34.5 Å². The summed E-state index contributed by atoms with van der Waals surface area (Å²) in [6.07, 6.45) is 5.92. The van der Waals surface area contributed by atoms with Crippen molar-refractivity contribution in [2.45, 2.75) is 57.3 Å². The summed E-state index contributed by atoms with van der Waals surface area (Å²) in [7, 11) is 0. The Morgan fingerprint density at radius 2 is 1.22 bits per heavy atom. The molecule has 18 heavy (non-hydrogen) atoms. The van der Waals surface area contributed by atoms with Gasteiger partial charge in [-0.05, 0) is 49.4 Å². The molecule has 0 N–H and O–H groups in total. The van der Waals surface area contributed by atoms with Crippen LogP contribution in [-0.4, -0.2) is 12.8 Å². The molecular formula is C15H29I3. The average molecular weight is 590 g/mol.